The molecule has 0 fully saturated rings. The lowest BCUT2D eigenvalue weighted by molar-refractivity contribution is 0.477. The van der Waals surface area contributed by atoms with Crippen LogP contribution in [0.2, 0.25) is 0 Å². The second-order valence-corrected chi connectivity index (χ2v) is 11.3. The zero-order valence-corrected chi connectivity index (χ0v) is 22.7. The first kappa shape index (κ1) is 22.2. The van der Waals surface area contributed by atoms with Crippen molar-refractivity contribution in [2.24, 2.45) is 0 Å². The van der Waals surface area contributed by atoms with Gasteiger partial charge in [-0.3, -0.25) is 0 Å². The largest absolute Gasteiger partial charge is 0.453 e. The normalized spacial score (nSPS) is 13.3. The van der Waals surface area contributed by atoms with Crippen LogP contribution in [-0.4, -0.2) is 11.3 Å². The Morgan fingerprint density at radius 1 is 0.500 bits per heavy atom. The number of nitrogens with zero attached hydrogens (tertiary/aromatic N) is 2. The van der Waals surface area contributed by atoms with Crippen molar-refractivity contribution in [3.8, 4) is 39.6 Å². The minimum atomic E-state index is 0.0922. The molecule has 0 saturated heterocycles. The van der Waals surface area contributed by atoms with Crippen LogP contribution in [0, 0.1) is 0 Å². The van der Waals surface area contributed by atoms with Crippen molar-refractivity contribution in [1.82, 2.24) is 4.57 Å². The van der Waals surface area contributed by atoms with Crippen LogP contribution in [-0.2, 0) is 0 Å². The molecule has 0 radical (unpaired) electrons. The van der Waals surface area contributed by atoms with Crippen LogP contribution in [0.1, 0.15) is 0 Å². The van der Waals surface area contributed by atoms with E-state index in [0.29, 0.717) is 0 Å². The Bertz CT molecular complexity index is 2240. The van der Waals surface area contributed by atoms with Crippen LogP contribution in [0.4, 0.5) is 17.1 Å². The molecule has 0 aliphatic carbocycles. The van der Waals surface area contributed by atoms with Gasteiger partial charge in [0.25, 0.3) is 6.71 Å². The third-order valence-corrected chi connectivity index (χ3v) is 9.16. The topological polar surface area (TPSA) is 17.4 Å². The zero-order valence-electron chi connectivity index (χ0n) is 22.7. The summed E-state index contributed by atoms with van der Waals surface area (Å²) in [5.41, 5.74) is 14.9. The maximum Gasteiger partial charge on any atom is 0.252 e. The van der Waals surface area contributed by atoms with Gasteiger partial charge in [0.2, 0.25) is 0 Å². The van der Waals surface area contributed by atoms with E-state index >= 15 is 0 Å². The lowest BCUT2D eigenvalue weighted by Gasteiger charge is -2.43. The highest BCUT2D eigenvalue weighted by Gasteiger charge is 2.45. The molecule has 42 heavy (non-hydrogen) atoms. The summed E-state index contributed by atoms with van der Waals surface area (Å²) in [7, 11) is 0. The Morgan fingerprint density at radius 3 is 2.00 bits per heavy atom. The first-order valence-electron chi connectivity index (χ1n) is 14.5. The smallest absolute Gasteiger partial charge is 0.252 e. The fourth-order valence-corrected chi connectivity index (χ4v) is 7.62. The van der Waals surface area contributed by atoms with Crippen molar-refractivity contribution in [2.45, 2.75) is 0 Å². The molecule has 0 bridgehead atoms. The van der Waals surface area contributed by atoms with E-state index in [1.165, 1.54) is 61.1 Å². The van der Waals surface area contributed by atoms with Gasteiger partial charge < -0.3 is 14.2 Å². The van der Waals surface area contributed by atoms with E-state index in [2.05, 4.69) is 143 Å². The first-order valence-corrected chi connectivity index (χ1v) is 14.5. The van der Waals surface area contributed by atoms with Gasteiger partial charge in [0.1, 0.15) is 0 Å². The molecule has 4 heteroatoms. The highest BCUT2D eigenvalue weighted by Crippen LogP contribution is 2.52. The molecule has 4 heterocycles. The van der Waals surface area contributed by atoms with Gasteiger partial charge in [-0.15, -0.1) is 0 Å². The van der Waals surface area contributed by atoms with E-state index in [0.717, 1.165) is 22.9 Å². The molecule has 0 spiro atoms. The molecule has 0 atom stereocenters. The monoisotopic (exact) mass is 534 g/mol. The lowest BCUT2D eigenvalue weighted by atomic mass is 9.33. The summed E-state index contributed by atoms with van der Waals surface area (Å²) >= 11 is 0. The molecule has 0 unspecified atom stereocenters. The van der Waals surface area contributed by atoms with Crippen molar-refractivity contribution in [3.63, 3.8) is 0 Å². The van der Waals surface area contributed by atoms with Crippen LogP contribution < -0.4 is 26.0 Å². The molecule has 0 N–H and O–H groups in total. The fourth-order valence-electron chi connectivity index (χ4n) is 7.62. The van der Waals surface area contributed by atoms with Crippen molar-refractivity contribution < 1.29 is 4.74 Å². The number of aromatic nitrogens is 1. The summed E-state index contributed by atoms with van der Waals surface area (Å²) < 4.78 is 9.06. The van der Waals surface area contributed by atoms with Gasteiger partial charge in [0.05, 0.1) is 17.1 Å². The van der Waals surface area contributed by atoms with E-state index < -0.39 is 0 Å². The number of hydrogen-bond donors (Lipinski definition) is 0. The molecular weight excluding hydrogens is 511 g/mol. The van der Waals surface area contributed by atoms with Gasteiger partial charge in [0, 0.05) is 27.8 Å². The Balaban J connectivity index is 1.40. The second kappa shape index (κ2) is 8.05. The summed E-state index contributed by atoms with van der Waals surface area (Å²) in [6, 6.07) is 50.3. The molecule has 6 aromatic carbocycles. The summed E-state index contributed by atoms with van der Waals surface area (Å²) in [4.78, 5) is 2.42. The number of benzene rings is 6. The molecule has 3 nitrogen and oxygen atoms in total. The van der Waals surface area contributed by atoms with Crippen LogP contribution in [0.5, 0.6) is 11.5 Å². The quantitative estimate of drug-likeness (QED) is 0.212. The summed E-state index contributed by atoms with van der Waals surface area (Å²) in [5, 5.41) is 1.28. The Kier molecular flexibility index (Phi) is 4.26. The lowest BCUT2D eigenvalue weighted by Crippen LogP contribution is -2.60. The summed E-state index contributed by atoms with van der Waals surface area (Å²) in [6.07, 6.45) is 0. The minimum absolute atomic E-state index is 0.0922. The van der Waals surface area contributed by atoms with Crippen molar-refractivity contribution in [1.29, 1.82) is 0 Å². The Labute approximate surface area is 243 Å². The maximum absolute atomic E-state index is 6.51. The fraction of sp³-hybridized carbons (Fsp3) is 0. The standard InChI is InChI=1S/C38H23BN2O/c1-3-12-24(13-4-1)34-26-16-9-17-27-37(26)41(36(34)25-14-5-2-6-15-25)31-21-11-20-30-35(31)39(27)28-18-10-23-33-38(28)40(30)29-19-7-8-22-32(29)42-33/h1-23H. The van der Waals surface area contributed by atoms with E-state index in [1.54, 1.807) is 0 Å². The SMILES string of the molecule is c1ccc(-c2c(-c3ccccc3)n3c4c(cccc24)B2c4cccc5c4N(c4ccccc4O5)c4cccc-3c42)cc1. The number of fused-ring (bicyclic) bond motifs is 6. The number of ether oxygens (including phenoxy) is 1. The van der Waals surface area contributed by atoms with Crippen molar-refractivity contribution in [3.05, 3.63) is 140 Å². The Morgan fingerprint density at radius 2 is 1.14 bits per heavy atom. The average molecular weight is 534 g/mol. The average Bonchev–Trinajstić information content (AvgIpc) is 3.41. The predicted octanol–water partition coefficient (Wildman–Crippen LogP) is 7.68. The number of hydrogen-bond acceptors (Lipinski definition) is 2. The van der Waals surface area contributed by atoms with Gasteiger partial charge in [-0.05, 0) is 57.8 Å². The molecule has 0 amide bonds. The minimum Gasteiger partial charge on any atom is -0.453 e. The van der Waals surface area contributed by atoms with Gasteiger partial charge >= 0.3 is 0 Å². The van der Waals surface area contributed by atoms with Gasteiger partial charge in [0.15, 0.2) is 11.5 Å². The van der Waals surface area contributed by atoms with E-state index in [4.69, 9.17) is 4.74 Å². The number of anilines is 3. The van der Waals surface area contributed by atoms with Crippen LogP contribution in [0.25, 0.3) is 39.0 Å². The van der Waals surface area contributed by atoms with Gasteiger partial charge in [-0.2, -0.15) is 0 Å². The third-order valence-electron chi connectivity index (χ3n) is 9.16. The first-order chi connectivity index (χ1) is 20.9. The maximum atomic E-state index is 6.51. The zero-order chi connectivity index (χ0) is 27.4. The molecule has 1 aromatic heterocycles. The Hall–Kier alpha value is -5.48. The second-order valence-electron chi connectivity index (χ2n) is 11.3. The van der Waals surface area contributed by atoms with Crippen LogP contribution >= 0.6 is 0 Å². The van der Waals surface area contributed by atoms with Gasteiger partial charge in [-0.25, -0.2) is 0 Å². The van der Waals surface area contributed by atoms with Crippen molar-refractivity contribution >= 4 is 51.1 Å². The predicted molar refractivity (Wildman–Crippen MR) is 174 cm³/mol. The molecule has 7 aromatic rings. The summed E-state index contributed by atoms with van der Waals surface area (Å²) in [5.74, 6) is 1.79. The molecule has 10 rings (SSSR count). The molecule has 3 aliphatic rings. The highest BCUT2D eigenvalue weighted by atomic mass is 16.5. The third kappa shape index (κ3) is 2.72. The summed E-state index contributed by atoms with van der Waals surface area (Å²) in [6.45, 7) is 0.0922. The van der Waals surface area contributed by atoms with Gasteiger partial charge in [-0.1, -0.05) is 109 Å². The molecule has 0 saturated carbocycles. The van der Waals surface area contributed by atoms with E-state index in [1.807, 2.05) is 6.07 Å². The highest BCUT2D eigenvalue weighted by molar-refractivity contribution is 7.00. The molecule has 3 aliphatic heterocycles. The van der Waals surface area contributed by atoms with Crippen LogP contribution in [0.15, 0.2) is 140 Å². The van der Waals surface area contributed by atoms with Crippen molar-refractivity contribution in [2.75, 3.05) is 4.90 Å². The number of para-hydroxylation sites is 4. The number of rotatable bonds is 2. The van der Waals surface area contributed by atoms with Crippen LogP contribution in [0.3, 0.4) is 0 Å². The van der Waals surface area contributed by atoms with E-state index in [-0.39, 0.29) is 6.71 Å². The van der Waals surface area contributed by atoms with E-state index in [9.17, 15) is 0 Å². The molecular formula is C38H23BN2O. The molecule has 194 valence electrons.